The van der Waals surface area contributed by atoms with E-state index in [1.807, 2.05) is 13.8 Å². The first-order chi connectivity index (χ1) is 8.88. The maximum Gasteiger partial charge on any atom is 0.316 e. The lowest BCUT2D eigenvalue weighted by Crippen LogP contribution is -2.31. The normalized spacial score (nSPS) is 11.1. The van der Waals surface area contributed by atoms with Gasteiger partial charge in [0.05, 0.1) is 26.2 Å². The molecule has 0 saturated carbocycles. The van der Waals surface area contributed by atoms with Gasteiger partial charge in [0, 0.05) is 4.47 Å². The van der Waals surface area contributed by atoms with Crippen molar-refractivity contribution in [3.63, 3.8) is 0 Å². The predicted molar refractivity (Wildman–Crippen MR) is 76.9 cm³/mol. The second kappa shape index (κ2) is 6.28. The molecule has 0 atom stereocenters. The van der Waals surface area contributed by atoms with Crippen LogP contribution < -0.4 is 9.47 Å². The molecular weight excluding hydrogens is 312 g/mol. The molecule has 0 saturated heterocycles. The molecule has 0 aliphatic heterocycles. The topological polar surface area (TPSA) is 44.8 Å². The molecule has 0 spiro atoms. The van der Waals surface area contributed by atoms with Gasteiger partial charge in [-0.3, -0.25) is 4.79 Å². The number of rotatable bonds is 5. The summed E-state index contributed by atoms with van der Waals surface area (Å²) in [5, 5.41) is 0. The predicted octanol–water partition coefficient (Wildman–Crippen LogP) is 3.31. The molecule has 0 fully saturated rings. The molecule has 4 nitrogen and oxygen atoms in total. The molecule has 1 aromatic rings. The van der Waals surface area contributed by atoms with E-state index in [-0.39, 0.29) is 5.97 Å². The summed E-state index contributed by atoms with van der Waals surface area (Å²) in [7, 11) is 3.13. The van der Waals surface area contributed by atoms with Crippen molar-refractivity contribution in [1.82, 2.24) is 0 Å². The van der Waals surface area contributed by atoms with Crippen LogP contribution >= 0.6 is 15.9 Å². The van der Waals surface area contributed by atoms with Crippen molar-refractivity contribution >= 4 is 21.9 Å². The van der Waals surface area contributed by atoms with Crippen molar-refractivity contribution in [2.45, 2.75) is 26.2 Å². The van der Waals surface area contributed by atoms with Gasteiger partial charge < -0.3 is 14.2 Å². The quantitative estimate of drug-likeness (QED) is 0.777. The van der Waals surface area contributed by atoms with Gasteiger partial charge in [-0.2, -0.15) is 0 Å². The Labute approximate surface area is 122 Å². The first-order valence-electron chi connectivity index (χ1n) is 5.97. The number of ether oxygens (including phenoxy) is 3. The van der Waals surface area contributed by atoms with Gasteiger partial charge in [-0.25, -0.2) is 0 Å². The average molecular weight is 331 g/mol. The van der Waals surface area contributed by atoms with Crippen LogP contribution in [0.5, 0.6) is 11.5 Å². The number of halogens is 1. The van der Waals surface area contributed by atoms with Crippen molar-refractivity contribution in [2.75, 3.05) is 20.8 Å². The molecule has 1 rings (SSSR count). The standard InChI is InChI=1S/C14H19BrO4/c1-6-19-13(16)14(2,3)9-7-11(17-4)12(18-5)8-10(9)15/h7-8H,6H2,1-5H3. The summed E-state index contributed by atoms with van der Waals surface area (Å²) in [5.41, 5.74) is 0.0256. The Morgan fingerprint density at radius 3 is 2.21 bits per heavy atom. The molecule has 0 aliphatic rings. The number of hydrogen-bond donors (Lipinski definition) is 0. The van der Waals surface area contributed by atoms with Crippen LogP contribution in [0.4, 0.5) is 0 Å². The lowest BCUT2D eigenvalue weighted by molar-refractivity contribution is -0.148. The van der Waals surface area contributed by atoms with Crippen LogP contribution in [0.1, 0.15) is 26.3 Å². The minimum atomic E-state index is -0.769. The monoisotopic (exact) mass is 330 g/mol. The van der Waals surface area contributed by atoms with Gasteiger partial charge in [-0.1, -0.05) is 15.9 Å². The highest BCUT2D eigenvalue weighted by atomic mass is 79.9. The van der Waals surface area contributed by atoms with Crippen LogP contribution in [0, 0.1) is 0 Å². The summed E-state index contributed by atoms with van der Waals surface area (Å²) in [4.78, 5) is 12.1. The number of methoxy groups -OCH3 is 2. The number of esters is 1. The first-order valence-corrected chi connectivity index (χ1v) is 6.77. The van der Waals surface area contributed by atoms with Gasteiger partial charge in [0.2, 0.25) is 0 Å². The SMILES string of the molecule is CCOC(=O)C(C)(C)c1cc(OC)c(OC)cc1Br. The number of hydrogen-bond acceptors (Lipinski definition) is 4. The second-order valence-corrected chi connectivity index (χ2v) is 5.39. The second-order valence-electron chi connectivity index (χ2n) is 4.53. The Kier molecular flexibility index (Phi) is 5.23. The Hall–Kier alpha value is -1.23. The van der Waals surface area contributed by atoms with Crippen molar-refractivity contribution < 1.29 is 19.0 Å². The molecule has 0 aromatic heterocycles. The van der Waals surface area contributed by atoms with Crippen LogP contribution in [-0.4, -0.2) is 26.8 Å². The van der Waals surface area contributed by atoms with Gasteiger partial charge in [0.25, 0.3) is 0 Å². The van der Waals surface area contributed by atoms with Crippen LogP contribution in [0.25, 0.3) is 0 Å². The Morgan fingerprint density at radius 2 is 1.74 bits per heavy atom. The van der Waals surface area contributed by atoms with Crippen LogP contribution in [0.3, 0.4) is 0 Å². The highest BCUT2D eigenvalue weighted by molar-refractivity contribution is 9.10. The summed E-state index contributed by atoms with van der Waals surface area (Å²) >= 11 is 3.46. The summed E-state index contributed by atoms with van der Waals surface area (Å²) in [6, 6.07) is 3.58. The molecular formula is C14H19BrO4. The molecule has 0 amide bonds. The third kappa shape index (κ3) is 3.21. The fourth-order valence-electron chi connectivity index (χ4n) is 1.75. The zero-order chi connectivity index (χ0) is 14.6. The Morgan fingerprint density at radius 1 is 1.21 bits per heavy atom. The van der Waals surface area contributed by atoms with E-state index in [4.69, 9.17) is 14.2 Å². The van der Waals surface area contributed by atoms with E-state index in [1.165, 1.54) is 0 Å². The Bertz CT molecular complexity index is 469. The van der Waals surface area contributed by atoms with Crippen molar-refractivity contribution in [2.24, 2.45) is 0 Å². The molecule has 0 unspecified atom stereocenters. The van der Waals surface area contributed by atoms with Crippen molar-refractivity contribution in [1.29, 1.82) is 0 Å². The van der Waals surface area contributed by atoms with Gasteiger partial charge in [0.1, 0.15) is 0 Å². The summed E-state index contributed by atoms with van der Waals surface area (Å²) in [6.07, 6.45) is 0. The molecule has 1 aromatic carbocycles. The maximum absolute atomic E-state index is 12.1. The lowest BCUT2D eigenvalue weighted by atomic mass is 9.84. The number of benzene rings is 1. The number of carbonyl (C=O) groups excluding carboxylic acids is 1. The smallest absolute Gasteiger partial charge is 0.316 e. The van der Waals surface area contributed by atoms with Gasteiger partial charge in [-0.05, 0) is 38.5 Å². The van der Waals surface area contributed by atoms with Gasteiger partial charge in [0.15, 0.2) is 11.5 Å². The summed E-state index contributed by atoms with van der Waals surface area (Å²) in [6.45, 7) is 5.78. The highest BCUT2D eigenvalue weighted by Gasteiger charge is 2.34. The van der Waals surface area contributed by atoms with E-state index in [2.05, 4.69) is 15.9 Å². The van der Waals surface area contributed by atoms with Crippen LogP contribution in [0.15, 0.2) is 16.6 Å². The fraction of sp³-hybridized carbons (Fsp3) is 0.500. The van der Waals surface area contributed by atoms with Crippen LogP contribution in [-0.2, 0) is 14.9 Å². The Balaban J connectivity index is 3.30. The zero-order valence-electron chi connectivity index (χ0n) is 11.9. The fourth-order valence-corrected chi connectivity index (χ4v) is 2.57. The lowest BCUT2D eigenvalue weighted by Gasteiger charge is -2.25. The molecule has 19 heavy (non-hydrogen) atoms. The largest absolute Gasteiger partial charge is 0.493 e. The molecule has 0 bridgehead atoms. The minimum absolute atomic E-state index is 0.275. The van der Waals surface area contributed by atoms with E-state index >= 15 is 0 Å². The van der Waals surface area contributed by atoms with Crippen molar-refractivity contribution in [3.05, 3.63) is 22.2 Å². The number of carbonyl (C=O) groups is 1. The summed E-state index contributed by atoms with van der Waals surface area (Å²) < 4.78 is 16.4. The first kappa shape index (κ1) is 15.8. The van der Waals surface area contributed by atoms with E-state index < -0.39 is 5.41 Å². The molecule has 0 radical (unpaired) electrons. The summed E-state index contributed by atoms with van der Waals surface area (Å²) in [5.74, 6) is 0.916. The van der Waals surface area contributed by atoms with E-state index in [0.29, 0.717) is 18.1 Å². The molecule has 0 N–H and O–H groups in total. The van der Waals surface area contributed by atoms with E-state index in [0.717, 1.165) is 10.0 Å². The highest BCUT2D eigenvalue weighted by Crippen LogP contribution is 2.39. The molecule has 0 aliphatic carbocycles. The zero-order valence-corrected chi connectivity index (χ0v) is 13.5. The maximum atomic E-state index is 12.1. The molecule has 0 heterocycles. The minimum Gasteiger partial charge on any atom is -0.493 e. The van der Waals surface area contributed by atoms with Crippen LogP contribution in [0.2, 0.25) is 0 Å². The molecule has 106 valence electrons. The van der Waals surface area contributed by atoms with Crippen molar-refractivity contribution in [3.8, 4) is 11.5 Å². The van der Waals surface area contributed by atoms with E-state index in [1.54, 1.807) is 33.3 Å². The van der Waals surface area contributed by atoms with Gasteiger partial charge in [-0.15, -0.1) is 0 Å². The molecule has 5 heteroatoms. The average Bonchev–Trinajstić information content (AvgIpc) is 2.38. The third-order valence-electron chi connectivity index (χ3n) is 2.93. The van der Waals surface area contributed by atoms with Gasteiger partial charge >= 0.3 is 5.97 Å². The van der Waals surface area contributed by atoms with E-state index in [9.17, 15) is 4.79 Å². The third-order valence-corrected chi connectivity index (χ3v) is 3.59.